The van der Waals surface area contributed by atoms with Crippen LogP contribution in [0.5, 0.6) is 0 Å². The van der Waals surface area contributed by atoms with Gasteiger partial charge in [-0.2, -0.15) is 0 Å². The molecule has 0 saturated carbocycles. The molecule has 35 heavy (non-hydrogen) atoms. The third-order valence-corrected chi connectivity index (χ3v) is 8.02. The average molecular weight is 519 g/mol. The molecule has 0 bridgehead atoms. The standard InChI is InChI=1S/C24H27ClN4O5S/c1-28(18-5-3-17(25)4-6-18)35(32,33)19-7-8-22-20(15-19)23(30)21(16-27-22)24(31)26-9-2-10-29-11-13-34-14-12-29/h3-8,15-16H,2,9-14H2,1H3,(H,26,31)(H,27,30). The predicted molar refractivity (Wildman–Crippen MR) is 136 cm³/mol. The van der Waals surface area contributed by atoms with Gasteiger partial charge in [-0.1, -0.05) is 11.6 Å². The highest BCUT2D eigenvalue weighted by molar-refractivity contribution is 7.92. The molecule has 2 aromatic carbocycles. The fourth-order valence-electron chi connectivity index (χ4n) is 3.90. The molecule has 11 heteroatoms. The molecule has 2 heterocycles. The van der Waals surface area contributed by atoms with E-state index in [1.54, 1.807) is 24.3 Å². The molecule has 0 aliphatic carbocycles. The maximum Gasteiger partial charge on any atom is 0.264 e. The first-order valence-electron chi connectivity index (χ1n) is 11.3. The molecule has 0 radical (unpaired) electrons. The topological polar surface area (TPSA) is 112 Å². The van der Waals surface area contributed by atoms with Crippen LogP contribution in [0.2, 0.25) is 5.02 Å². The first kappa shape index (κ1) is 25.2. The number of sulfonamides is 1. The van der Waals surface area contributed by atoms with Gasteiger partial charge in [0.15, 0.2) is 0 Å². The van der Waals surface area contributed by atoms with E-state index >= 15 is 0 Å². The number of H-pyrrole nitrogens is 1. The molecule has 1 saturated heterocycles. The van der Waals surface area contributed by atoms with Crippen molar-refractivity contribution >= 4 is 44.1 Å². The summed E-state index contributed by atoms with van der Waals surface area (Å²) in [4.78, 5) is 30.9. The summed E-state index contributed by atoms with van der Waals surface area (Å²) >= 11 is 5.90. The molecule has 0 unspecified atom stereocenters. The molecule has 1 aliphatic heterocycles. The van der Waals surface area contributed by atoms with Crippen LogP contribution in [-0.4, -0.2) is 70.6 Å². The summed E-state index contributed by atoms with van der Waals surface area (Å²) in [7, 11) is -2.53. The van der Waals surface area contributed by atoms with Crippen LogP contribution in [0, 0.1) is 0 Å². The zero-order valence-electron chi connectivity index (χ0n) is 19.3. The number of hydrogen-bond acceptors (Lipinski definition) is 6. The second-order valence-corrected chi connectivity index (χ2v) is 10.7. The number of aromatic amines is 1. The zero-order valence-corrected chi connectivity index (χ0v) is 20.9. The summed E-state index contributed by atoms with van der Waals surface area (Å²) in [6.07, 6.45) is 2.10. The minimum Gasteiger partial charge on any atom is -0.379 e. The van der Waals surface area contributed by atoms with Crippen LogP contribution in [0.15, 0.2) is 58.4 Å². The summed E-state index contributed by atoms with van der Waals surface area (Å²) in [6, 6.07) is 10.6. The van der Waals surface area contributed by atoms with Crippen LogP contribution in [-0.2, 0) is 14.8 Å². The van der Waals surface area contributed by atoms with Crippen LogP contribution in [0.4, 0.5) is 5.69 Å². The molecular weight excluding hydrogens is 492 g/mol. The smallest absolute Gasteiger partial charge is 0.264 e. The van der Waals surface area contributed by atoms with Gasteiger partial charge in [-0.15, -0.1) is 0 Å². The Morgan fingerprint density at radius 1 is 1.17 bits per heavy atom. The number of morpholine rings is 1. The number of carbonyl (C=O) groups excluding carboxylic acids is 1. The van der Waals surface area contributed by atoms with E-state index in [1.165, 1.54) is 31.4 Å². The molecule has 2 N–H and O–H groups in total. The van der Waals surface area contributed by atoms with Gasteiger partial charge >= 0.3 is 0 Å². The Balaban J connectivity index is 1.51. The van der Waals surface area contributed by atoms with Crippen LogP contribution in [0.25, 0.3) is 10.9 Å². The van der Waals surface area contributed by atoms with E-state index in [4.69, 9.17) is 16.3 Å². The number of benzene rings is 2. The molecule has 4 rings (SSSR count). The van der Waals surface area contributed by atoms with Crippen molar-refractivity contribution in [1.82, 2.24) is 15.2 Å². The Labute approximate surface area is 208 Å². The molecule has 1 aromatic heterocycles. The third-order valence-electron chi connectivity index (χ3n) is 5.99. The van der Waals surface area contributed by atoms with Crippen molar-refractivity contribution in [3.63, 3.8) is 0 Å². The van der Waals surface area contributed by atoms with Gasteiger partial charge in [0.05, 0.1) is 23.8 Å². The van der Waals surface area contributed by atoms with Crippen molar-refractivity contribution in [3.8, 4) is 0 Å². The molecule has 1 amide bonds. The van der Waals surface area contributed by atoms with Gasteiger partial charge in [-0.05, 0) is 55.4 Å². The van der Waals surface area contributed by atoms with Gasteiger partial charge in [0.2, 0.25) is 5.43 Å². The summed E-state index contributed by atoms with van der Waals surface area (Å²) in [5, 5.41) is 3.39. The van der Waals surface area contributed by atoms with Crippen molar-refractivity contribution in [2.45, 2.75) is 11.3 Å². The second-order valence-electron chi connectivity index (χ2n) is 8.25. The number of carbonyl (C=O) groups is 1. The van der Waals surface area contributed by atoms with Crippen LogP contribution in [0.1, 0.15) is 16.8 Å². The third kappa shape index (κ3) is 5.67. The number of anilines is 1. The number of pyridine rings is 1. The summed E-state index contributed by atoms with van der Waals surface area (Å²) in [5.74, 6) is -0.498. The van der Waals surface area contributed by atoms with E-state index in [2.05, 4.69) is 15.2 Å². The number of ether oxygens (including phenoxy) is 1. The van der Waals surface area contributed by atoms with E-state index in [0.29, 0.717) is 36.0 Å². The molecule has 186 valence electrons. The number of fused-ring (bicyclic) bond motifs is 1. The van der Waals surface area contributed by atoms with Gasteiger partial charge in [0.1, 0.15) is 5.56 Å². The molecule has 0 atom stereocenters. The maximum absolute atomic E-state index is 13.2. The largest absolute Gasteiger partial charge is 0.379 e. The van der Waals surface area contributed by atoms with E-state index < -0.39 is 21.4 Å². The number of amides is 1. The molecule has 1 aliphatic rings. The Kier molecular flexibility index (Phi) is 7.75. The molecule has 0 spiro atoms. The van der Waals surface area contributed by atoms with Crippen LogP contribution >= 0.6 is 11.6 Å². The second kappa shape index (κ2) is 10.8. The van der Waals surface area contributed by atoms with E-state index in [9.17, 15) is 18.0 Å². The van der Waals surface area contributed by atoms with Gasteiger partial charge in [0.25, 0.3) is 15.9 Å². The molecular formula is C24H27ClN4O5S. The lowest BCUT2D eigenvalue weighted by atomic mass is 10.1. The quantitative estimate of drug-likeness (QED) is 0.443. The highest BCUT2D eigenvalue weighted by Gasteiger charge is 2.23. The Morgan fingerprint density at radius 2 is 1.89 bits per heavy atom. The lowest BCUT2D eigenvalue weighted by Crippen LogP contribution is -2.38. The lowest BCUT2D eigenvalue weighted by molar-refractivity contribution is 0.0374. The Bertz CT molecular complexity index is 1370. The molecule has 9 nitrogen and oxygen atoms in total. The zero-order chi connectivity index (χ0) is 25.0. The number of aromatic nitrogens is 1. The summed E-state index contributed by atoms with van der Waals surface area (Å²) < 4.78 is 32.8. The van der Waals surface area contributed by atoms with Gasteiger partial charge in [-0.3, -0.25) is 18.8 Å². The monoisotopic (exact) mass is 518 g/mol. The minimum atomic E-state index is -3.95. The SMILES string of the molecule is CN(c1ccc(Cl)cc1)S(=O)(=O)c1ccc2[nH]cc(C(=O)NCCCN3CCOCC3)c(=O)c2c1. The fourth-order valence-corrected chi connectivity index (χ4v) is 5.25. The first-order valence-corrected chi connectivity index (χ1v) is 13.1. The van der Waals surface area contributed by atoms with Crippen molar-refractivity contribution in [3.05, 3.63) is 69.5 Å². The van der Waals surface area contributed by atoms with E-state index in [0.717, 1.165) is 30.4 Å². The number of hydrogen-bond donors (Lipinski definition) is 2. The number of rotatable bonds is 8. The fraction of sp³-hybridized carbons (Fsp3) is 0.333. The highest BCUT2D eigenvalue weighted by atomic mass is 35.5. The van der Waals surface area contributed by atoms with Crippen molar-refractivity contribution in [1.29, 1.82) is 0 Å². The highest BCUT2D eigenvalue weighted by Crippen LogP contribution is 2.25. The predicted octanol–water partition coefficient (Wildman–Crippen LogP) is 2.46. The van der Waals surface area contributed by atoms with Gasteiger partial charge in [0, 0.05) is 48.8 Å². The first-order chi connectivity index (χ1) is 16.8. The number of nitrogens with zero attached hydrogens (tertiary/aromatic N) is 2. The summed E-state index contributed by atoms with van der Waals surface area (Å²) in [5.41, 5.74) is 0.265. The number of halogens is 1. The molecule has 3 aromatic rings. The van der Waals surface area contributed by atoms with Crippen molar-refractivity contribution < 1.29 is 17.9 Å². The number of nitrogens with one attached hydrogen (secondary N) is 2. The summed E-state index contributed by atoms with van der Waals surface area (Å²) in [6.45, 7) is 4.43. The van der Waals surface area contributed by atoms with Gasteiger partial charge in [-0.25, -0.2) is 8.42 Å². The Hall–Kier alpha value is -2.92. The van der Waals surface area contributed by atoms with E-state index in [1.807, 2.05) is 0 Å². The molecule has 1 fully saturated rings. The van der Waals surface area contributed by atoms with Crippen molar-refractivity contribution in [2.75, 3.05) is 50.7 Å². The minimum absolute atomic E-state index is 0.0592. The Morgan fingerprint density at radius 3 is 2.60 bits per heavy atom. The average Bonchev–Trinajstić information content (AvgIpc) is 2.87. The van der Waals surface area contributed by atoms with Crippen molar-refractivity contribution in [2.24, 2.45) is 0 Å². The van der Waals surface area contributed by atoms with Crippen LogP contribution < -0.4 is 15.1 Å². The van der Waals surface area contributed by atoms with Crippen LogP contribution in [0.3, 0.4) is 0 Å². The van der Waals surface area contributed by atoms with Gasteiger partial charge < -0.3 is 15.0 Å². The lowest BCUT2D eigenvalue weighted by Gasteiger charge is -2.26. The van der Waals surface area contributed by atoms with E-state index in [-0.39, 0.29) is 15.8 Å². The normalized spacial score (nSPS) is 14.7. The maximum atomic E-state index is 13.2.